The van der Waals surface area contributed by atoms with E-state index < -0.39 is 0 Å². The maximum atomic E-state index is 4.59. The molecule has 1 aliphatic rings. The van der Waals surface area contributed by atoms with E-state index in [9.17, 15) is 0 Å². The standard InChI is InChI=1S/C13H22N.2C3H8N.CH3.Hf/c1-13(2,3)14-11-7-6-10-12-8-4-5-9-12;2*1-3-4-2;;/h4-5,8H,6-7,9-11H2,1-3H3;2*3H2,1-2H3;1H3;/q4*-1;+4. The summed E-state index contributed by atoms with van der Waals surface area (Å²) in [6, 6.07) is 0. The third kappa shape index (κ3) is 30.1. The van der Waals surface area contributed by atoms with Gasteiger partial charge in [-0.25, -0.2) is 0 Å². The Hall–Kier alpha value is 0.230. The molecule has 0 radical (unpaired) electrons. The van der Waals surface area contributed by atoms with E-state index in [2.05, 4.69) is 54.9 Å². The van der Waals surface area contributed by atoms with Gasteiger partial charge < -0.3 is 23.4 Å². The molecule has 1 aliphatic carbocycles. The van der Waals surface area contributed by atoms with Gasteiger partial charge in [0.05, 0.1) is 0 Å². The monoisotopic (exact) mass is 503 g/mol. The first-order chi connectivity index (χ1) is 10.4. The Labute approximate surface area is 172 Å². The Morgan fingerprint density at radius 2 is 1.50 bits per heavy atom. The second kappa shape index (κ2) is 23.2. The second-order valence-electron chi connectivity index (χ2n) is 6.23. The average Bonchev–Trinajstić information content (AvgIpc) is 2.99. The van der Waals surface area contributed by atoms with Gasteiger partial charge >= 0.3 is 25.8 Å². The minimum Gasteiger partial charge on any atom is -0.665 e. The molecule has 24 heavy (non-hydrogen) atoms. The molecular formula is C20H41HfN3. The van der Waals surface area contributed by atoms with Crippen LogP contribution >= 0.6 is 0 Å². The molecule has 0 atom stereocenters. The Kier molecular flexibility index (Phi) is 30.9. The fourth-order valence-electron chi connectivity index (χ4n) is 1.56. The molecule has 0 saturated carbocycles. The number of rotatable bonds is 7. The molecule has 0 heterocycles. The SMILES string of the molecule is CC(C)(C)[N-]CCCCC1=CC=CC1.CC[N-]C.CC[N-]C.[CH3-].[Hf+4]. The van der Waals surface area contributed by atoms with Crippen molar-refractivity contribution in [2.24, 2.45) is 0 Å². The molecule has 0 aromatic heterocycles. The Bertz CT molecular complexity index is 273. The van der Waals surface area contributed by atoms with Crippen molar-refractivity contribution in [3.05, 3.63) is 47.2 Å². The molecule has 3 nitrogen and oxygen atoms in total. The summed E-state index contributed by atoms with van der Waals surface area (Å²) in [6.45, 7) is 13.4. The van der Waals surface area contributed by atoms with Crippen LogP contribution in [0.3, 0.4) is 0 Å². The summed E-state index contributed by atoms with van der Waals surface area (Å²) in [7, 11) is 3.61. The average molecular weight is 502 g/mol. The van der Waals surface area contributed by atoms with Crippen LogP contribution in [-0.2, 0) is 25.8 Å². The zero-order chi connectivity index (χ0) is 17.3. The van der Waals surface area contributed by atoms with Gasteiger partial charge in [-0.1, -0.05) is 71.3 Å². The minimum absolute atomic E-state index is 0. The van der Waals surface area contributed by atoms with Gasteiger partial charge in [0.15, 0.2) is 0 Å². The summed E-state index contributed by atoms with van der Waals surface area (Å²) >= 11 is 0. The van der Waals surface area contributed by atoms with Crippen molar-refractivity contribution in [1.82, 2.24) is 0 Å². The third-order valence-corrected chi connectivity index (χ3v) is 2.97. The molecule has 0 aromatic rings. The number of hydrogen-bond acceptors (Lipinski definition) is 0. The van der Waals surface area contributed by atoms with E-state index in [4.69, 9.17) is 0 Å². The van der Waals surface area contributed by atoms with E-state index in [1.807, 2.05) is 13.8 Å². The van der Waals surface area contributed by atoms with Crippen LogP contribution in [0.25, 0.3) is 16.0 Å². The molecule has 0 aromatic carbocycles. The van der Waals surface area contributed by atoms with Crippen LogP contribution in [0.4, 0.5) is 0 Å². The van der Waals surface area contributed by atoms with Gasteiger partial charge in [-0.3, -0.25) is 0 Å². The first-order valence-corrected chi connectivity index (χ1v) is 8.55. The molecule has 0 saturated heterocycles. The number of hydrogen-bond donors (Lipinski definition) is 0. The second-order valence-corrected chi connectivity index (χ2v) is 6.23. The van der Waals surface area contributed by atoms with Gasteiger partial charge in [0, 0.05) is 0 Å². The maximum Gasteiger partial charge on any atom is 4.00 e. The van der Waals surface area contributed by atoms with Gasteiger partial charge in [0.25, 0.3) is 0 Å². The van der Waals surface area contributed by atoms with Crippen molar-refractivity contribution in [3.8, 4) is 0 Å². The molecule has 4 heteroatoms. The van der Waals surface area contributed by atoms with Crippen molar-refractivity contribution in [1.29, 1.82) is 0 Å². The molecule has 0 fully saturated rings. The van der Waals surface area contributed by atoms with Crippen LogP contribution in [0, 0.1) is 7.43 Å². The zero-order valence-corrected chi connectivity index (χ0v) is 21.1. The Balaban J connectivity index is -0.000000170. The van der Waals surface area contributed by atoms with E-state index >= 15 is 0 Å². The Morgan fingerprint density at radius 3 is 1.83 bits per heavy atom. The van der Waals surface area contributed by atoms with Crippen LogP contribution in [0.15, 0.2) is 23.8 Å². The molecule has 0 spiro atoms. The van der Waals surface area contributed by atoms with E-state index in [1.165, 1.54) is 25.7 Å². The molecule has 0 bridgehead atoms. The van der Waals surface area contributed by atoms with Gasteiger partial charge in [-0.2, -0.15) is 27.2 Å². The summed E-state index contributed by atoms with van der Waals surface area (Å²) in [6.07, 6.45) is 11.6. The zero-order valence-electron chi connectivity index (χ0n) is 17.5. The van der Waals surface area contributed by atoms with Crippen LogP contribution in [0.1, 0.15) is 60.3 Å². The molecule has 140 valence electrons. The predicted octanol–water partition coefficient (Wildman–Crippen LogP) is 6.68. The molecule has 1 rings (SSSR count). The van der Waals surface area contributed by atoms with Gasteiger partial charge in [-0.15, -0.1) is 12.1 Å². The summed E-state index contributed by atoms with van der Waals surface area (Å²) in [5, 5.41) is 12.1. The maximum absolute atomic E-state index is 4.59. The van der Waals surface area contributed by atoms with Crippen LogP contribution in [0.2, 0.25) is 0 Å². The van der Waals surface area contributed by atoms with Crippen LogP contribution in [-0.4, -0.2) is 39.3 Å². The Morgan fingerprint density at radius 1 is 1.00 bits per heavy atom. The molecule has 0 N–H and O–H groups in total. The number of unbranched alkanes of at least 4 members (excludes halogenated alkanes) is 1. The normalized spacial score (nSPS) is 11.9. The number of nitrogens with zero attached hydrogens (tertiary/aromatic N) is 3. The van der Waals surface area contributed by atoms with Gasteiger partial charge in [0.2, 0.25) is 0 Å². The fourth-order valence-corrected chi connectivity index (χ4v) is 1.56. The smallest absolute Gasteiger partial charge is 0.665 e. The quantitative estimate of drug-likeness (QED) is 0.212. The van der Waals surface area contributed by atoms with Crippen molar-refractivity contribution in [2.45, 2.75) is 65.8 Å². The summed E-state index contributed by atoms with van der Waals surface area (Å²) in [5.41, 5.74) is 1.73. The van der Waals surface area contributed by atoms with E-state index in [0.717, 1.165) is 19.6 Å². The van der Waals surface area contributed by atoms with Crippen LogP contribution < -0.4 is 0 Å². The number of allylic oxidation sites excluding steroid dienone is 4. The van der Waals surface area contributed by atoms with Gasteiger partial charge in [-0.05, 0) is 12.8 Å². The van der Waals surface area contributed by atoms with Crippen molar-refractivity contribution >= 4 is 0 Å². The minimum atomic E-state index is 0. The van der Waals surface area contributed by atoms with Gasteiger partial charge in [0.1, 0.15) is 0 Å². The first-order valence-electron chi connectivity index (χ1n) is 8.55. The summed E-state index contributed by atoms with van der Waals surface area (Å²) < 4.78 is 0. The van der Waals surface area contributed by atoms with E-state index in [-0.39, 0.29) is 38.8 Å². The topological polar surface area (TPSA) is 42.3 Å². The largest absolute Gasteiger partial charge is 4.00 e. The molecule has 0 aliphatic heterocycles. The van der Waals surface area contributed by atoms with Crippen molar-refractivity contribution < 1.29 is 25.8 Å². The molecule has 0 unspecified atom stereocenters. The van der Waals surface area contributed by atoms with Crippen molar-refractivity contribution in [2.75, 3.05) is 33.7 Å². The predicted molar refractivity (Wildman–Crippen MR) is 110 cm³/mol. The summed E-state index contributed by atoms with van der Waals surface area (Å²) in [5.74, 6) is 0. The van der Waals surface area contributed by atoms with Crippen LogP contribution in [0.5, 0.6) is 0 Å². The molecular weight excluding hydrogens is 461 g/mol. The first kappa shape index (κ1) is 31.9. The van der Waals surface area contributed by atoms with Crippen molar-refractivity contribution in [3.63, 3.8) is 0 Å². The molecule has 0 amide bonds. The van der Waals surface area contributed by atoms with E-state index in [0.29, 0.717) is 0 Å². The third-order valence-electron chi connectivity index (χ3n) is 2.97. The summed E-state index contributed by atoms with van der Waals surface area (Å²) in [4.78, 5) is 0. The van der Waals surface area contributed by atoms with E-state index in [1.54, 1.807) is 19.7 Å². The fraction of sp³-hybridized carbons (Fsp3) is 0.750.